The molecule has 1 aliphatic heterocycles. The summed E-state index contributed by atoms with van der Waals surface area (Å²) in [4.78, 5) is 0. The standard InChI is InChI=1S/C32H36N2O2/c1-20-16-29(25-12-10-21-6-2-4-8-23(21)17-25)33-32(26-13-11-22-7-3-5-9-24(22)18-26)34-31(20)28-15-14-27(35)19-30(28)36/h10-15,17-19,29,31-36H,1-9,16H2. The zero-order valence-corrected chi connectivity index (χ0v) is 20.9. The van der Waals surface area contributed by atoms with Gasteiger partial charge in [-0.25, -0.2) is 0 Å². The van der Waals surface area contributed by atoms with Gasteiger partial charge in [0, 0.05) is 17.7 Å². The van der Waals surface area contributed by atoms with Crippen molar-refractivity contribution in [2.24, 2.45) is 0 Å². The lowest BCUT2D eigenvalue weighted by molar-refractivity contribution is 0.389. The van der Waals surface area contributed by atoms with E-state index in [2.05, 4.69) is 53.6 Å². The molecule has 3 aromatic rings. The molecule has 0 bridgehead atoms. The number of benzene rings is 3. The van der Waals surface area contributed by atoms with Crippen LogP contribution in [0.1, 0.15) is 89.3 Å². The number of phenolic OH excluding ortho intramolecular Hbond substituents is 2. The van der Waals surface area contributed by atoms with Gasteiger partial charge in [-0.2, -0.15) is 0 Å². The van der Waals surface area contributed by atoms with E-state index >= 15 is 0 Å². The van der Waals surface area contributed by atoms with Gasteiger partial charge in [0.15, 0.2) is 0 Å². The van der Waals surface area contributed by atoms with Crippen molar-refractivity contribution in [3.8, 4) is 11.5 Å². The zero-order chi connectivity index (χ0) is 24.6. The number of nitrogens with one attached hydrogen (secondary N) is 2. The van der Waals surface area contributed by atoms with E-state index in [9.17, 15) is 10.2 Å². The van der Waals surface area contributed by atoms with Crippen molar-refractivity contribution in [1.29, 1.82) is 0 Å². The predicted octanol–water partition coefficient (Wildman–Crippen LogP) is 6.48. The van der Waals surface area contributed by atoms with E-state index in [1.807, 2.05) is 0 Å². The third kappa shape index (κ3) is 4.56. The monoisotopic (exact) mass is 480 g/mol. The van der Waals surface area contributed by atoms with Crippen molar-refractivity contribution >= 4 is 0 Å². The molecule has 0 amide bonds. The van der Waals surface area contributed by atoms with Crippen LogP contribution < -0.4 is 10.6 Å². The third-order valence-corrected chi connectivity index (χ3v) is 8.38. The first-order valence-electron chi connectivity index (χ1n) is 13.5. The first-order chi connectivity index (χ1) is 17.5. The molecule has 1 saturated heterocycles. The molecule has 2 aliphatic carbocycles. The molecule has 0 saturated carbocycles. The smallest absolute Gasteiger partial charge is 0.124 e. The predicted molar refractivity (Wildman–Crippen MR) is 144 cm³/mol. The number of rotatable bonds is 3. The number of phenols is 2. The van der Waals surface area contributed by atoms with Crippen LogP contribution in [0.15, 0.2) is 66.7 Å². The maximum Gasteiger partial charge on any atom is 0.124 e. The van der Waals surface area contributed by atoms with Crippen molar-refractivity contribution in [2.45, 2.75) is 76.0 Å². The Bertz CT molecular complexity index is 1300. The Morgan fingerprint density at radius 1 is 0.667 bits per heavy atom. The quantitative estimate of drug-likeness (QED) is 0.324. The Kier molecular flexibility index (Phi) is 6.32. The van der Waals surface area contributed by atoms with Gasteiger partial charge in [-0.05, 0) is 103 Å². The van der Waals surface area contributed by atoms with Crippen molar-refractivity contribution < 1.29 is 10.2 Å². The molecule has 4 nitrogen and oxygen atoms in total. The molecule has 1 fully saturated rings. The molecule has 4 N–H and O–H groups in total. The van der Waals surface area contributed by atoms with Gasteiger partial charge in [0.25, 0.3) is 0 Å². The highest BCUT2D eigenvalue weighted by Crippen LogP contribution is 2.40. The summed E-state index contributed by atoms with van der Waals surface area (Å²) in [6.45, 7) is 4.48. The normalized spacial score (nSPS) is 24.0. The first-order valence-corrected chi connectivity index (χ1v) is 13.5. The summed E-state index contributed by atoms with van der Waals surface area (Å²) in [6, 6.07) is 18.7. The van der Waals surface area contributed by atoms with Crippen LogP contribution in [0.4, 0.5) is 0 Å². The molecule has 186 valence electrons. The minimum Gasteiger partial charge on any atom is -0.508 e. The Morgan fingerprint density at radius 2 is 1.28 bits per heavy atom. The second-order valence-electron chi connectivity index (χ2n) is 10.8. The van der Waals surface area contributed by atoms with E-state index in [1.165, 1.54) is 78.0 Å². The van der Waals surface area contributed by atoms with Crippen LogP contribution in [0.25, 0.3) is 0 Å². The summed E-state index contributed by atoms with van der Waals surface area (Å²) in [7, 11) is 0. The highest BCUT2D eigenvalue weighted by Gasteiger charge is 2.31. The lowest BCUT2D eigenvalue weighted by Gasteiger charge is -2.28. The second kappa shape index (κ2) is 9.76. The molecule has 36 heavy (non-hydrogen) atoms. The summed E-state index contributed by atoms with van der Waals surface area (Å²) >= 11 is 0. The molecule has 3 aliphatic rings. The summed E-state index contributed by atoms with van der Waals surface area (Å²) < 4.78 is 0. The summed E-state index contributed by atoms with van der Waals surface area (Å²) in [5.41, 5.74) is 10.2. The summed E-state index contributed by atoms with van der Waals surface area (Å²) in [5.74, 6) is 0.150. The number of hydrogen-bond acceptors (Lipinski definition) is 4. The van der Waals surface area contributed by atoms with Crippen molar-refractivity contribution in [3.63, 3.8) is 0 Å². The Balaban J connectivity index is 1.39. The van der Waals surface area contributed by atoms with Gasteiger partial charge in [0.2, 0.25) is 0 Å². The highest BCUT2D eigenvalue weighted by molar-refractivity contribution is 5.45. The fourth-order valence-electron chi connectivity index (χ4n) is 6.37. The molecule has 0 spiro atoms. The Morgan fingerprint density at radius 3 is 1.94 bits per heavy atom. The van der Waals surface area contributed by atoms with Gasteiger partial charge >= 0.3 is 0 Å². The number of hydrogen-bond donors (Lipinski definition) is 4. The van der Waals surface area contributed by atoms with Crippen LogP contribution in [0.5, 0.6) is 11.5 Å². The van der Waals surface area contributed by atoms with Crippen LogP contribution in [-0.2, 0) is 25.7 Å². The molecular formula is C32H36N2O2. The SMILES string of the molecule is C=C1CC(c2ccc3c(c2)CCCC3)NC(c2ccc3c(c2)CCCC3)NC1c1ccc(O)cc1O. The van der Waals surface area contributed by atoms with Gasteiger partial charge in [-0.1, -0.05) is 48.6 Å². The minimum atomic E-state index is -0.234. The molecule has 3 atom stereocenters. The van der Waals surface area contributed by atoms with Gasteiger partial charge < -0.3 is 10.2 Å². The minimum absolute atomic E-state index is 0.0618. The fourth-order valence-corrected chi connectivity index (χ4v) is 6.37. The van der Waals surface area contributed by atoms with Crippen molar-refractivity contribution in [3.05, 3.63) is 106 Å². The van der Waals surface area contributed by atoms with E-state index in [0.29, 0.717) is 0 Å². The van der Waals surface area contributed by atoms with Crippen LogP contribution in [0.2, 0.25) is 0 Å². The van der Waals surface area contributed by atoms with E-state index < -0.39 is 0 Å². The molecule has 0 aromatic heterocycles. The molecule has 6 rings (SSSR count). The summed E-state index contributed by atoms with van der Waals surface area (Å²) in [5, 5.41) is 28.3. The van der Waals surface area contributed by atoms with Crippen molar-refractivity contribution in [2.75, 3.05) is 0 Å². The Labute approximate surface area is 214 Å². The van der Waals surface area contributed by atoms with Gasteiger partial charge in [-0.3, -0.25) is 10.6 Å². The number of fused-ring (bicyclic) bond motifs is 2. The van der Waals surface area contributed by atoms with Crippen LogP contribution in [0.3, 0.4) is 0 Å². The average molecular weight is 481 g/mol. The highest BCUT2D eigenvalue weighted by atomic mass is 16.3. The second-order valence-corrected chi connectivity index (χ2v) is 10.8. The lowest BCUT2D eigenvalue weighted by Crippen LogP contribution is -2.35. The third-order valence-electron chi connectivity index (χ3n) is 8.38. The van der Waals surface area contributed by atoms with Crippen LogP contribution >= 0.6 is 0 Å². The molecular weight excluding hydrogens is 444 g/mol. The van der Waals surface area contributed by atoms with Gasteiger partial charge in [0.05, 0.1) is 12.2 Å². The molecule has 0 radical (unpaired) electrons. The first kappa shape index (κ1) is 23.3. The van der Waals surface area contributed by atoms with E-state index in [0.717, 1.165) is 30.4 Å². The van der Waals surface area contributed by atoms with Crippen LogP contribution in [-0.4, -0.2) is 10.2 Å². The maximum atomic E-state index is 10.7. The summed E-state index contributed by atoms with van der Waals surface area (Å²) in [6.07, 6.45) is 10.4. The van der Waals surface area contributed by atoms with Crippen LogP contribution in [0, 0.1) is 0 Å². The van der Waals surface area contributed by atoms with Gasteiger partial charge in [0.1, 0.15) is 11.5 Å². The molecule has 3 unspecified atom stereocenters. The number of aryl methyl sites for hydroxylation is 4. The lowest BCUT2D eigenvalue weighted by atomic mass is 9.87. The fraction of sp³-hybridized carbons (Fsp3) is 0.375. The molecule has 4 heteroatoms. The molecule has 1 heterocycles. The van der Waals surface area contributed by atoms with Gasteiger partial charge in [-0.15, -0.1) is 0 Å². The topological polar surface area (TPSA) is 64.5 Å². The average Bonchev–Trinajstić information content (AvgIpc) is 3.07. The maximum absolute atomic E-state index is 10.7. The molecule has 3 aromatic carbocycles. The largest absolute Gasteiger partial charge is 0.508 e. The number of aromatic hydroxyl groups is 2. The van der Waals surface area contributed by atoms with E-state index in [4.69, 9.17) is 0 Å². The van der Waals surface area contributed by atoms with E-state index in [1.54, 1.807) is 12.1 Å². The van der Waals surface area contributed by atoms with Crippen molar-refractivity contribution in [1.82, 2.24) is 10.6 Å². The zero-order valence-electron chi connectivity index (χ0n) is 20.9. The Hall–Kier alpha value is -3.08. The van der Waals surface area contributed by atoms with E-state index in [-0.39, 0.29) is 29.7 Å².